The van der Waals surface area contributed by atoms with Crippen LogP contribution in [-0.4, -0.2) is 46.6 Å². The van der Waals surface area contributed by atoms with Crippen LogP contribution in [0.25, 0.3) is 0 Å². The summed E-state index contributed by atoms with van der Waals surface area (Å²) < 4.78 is 5.39. The van der Waals surface area contributed by atoms with E-state index in [0.717, 1.165) is 17.7 Å². The van der Waals surface area contributed by atoms with E-state index in [2.05, 4.69) is 10.3 Å². The van der Waals surface area contributed by atoms with Crippen LogP contribution in [-0.2, 0) is 4.74 Å². The highest BCUT2D eigenvalue weighted by Crippen LogP contribution is 2.16. The summed E-state index contributed by atoms with van der Waals surface area (Å²) in [6.45, 7) is 8.55. The molecular weight excluding hydrogens is 302 g/mol. The summed E-state index contributed by atoms with van der Waals surface area (Å²) in [6, 6.07) is -0.0603. The van der Waals surface area contributed by atoms with Crippen LogP contribution in [0.2, 0.25) is 0 Å². The van der Waals surface area contributed by atoms with Gasteiger partial charge in [0.1, 0.15) is 11.3 Å². The predicted octanol–water partition coefficient (Wildman–Crippen LogP) is 2.58. The minimum absolute atomic E-state index is 0.0603. The van der Waals surface area contributed by atoms with Gasteiger partial charge < -0.3 is 15.0 Å². The van der Waals surface area contributed by atoms with E-state index < -0.39 is 5.60 Å². The molecule has 2 rings (SSSR count). The number of hydrogen-bond donors (Lipinski definition) is 1. The van der Waals surface area contributed by atoms with Crippen LogP contribution >= 0.6 is 11.3 Å². The molecule has 2 amide bonds. The van der Waals surface area contributed by atoms with Crippen molar-refractivity contribution in [1.82, 2.24) is 15.2 Å². The number of nitrogens with one attached hydrogen (secondary N) is 1. The molecule has 1 aliphatic rings. The van der Waals surface area contributed by atoms with Gasteiger partial charge in [-0.25, -0.2) is 9.78 Å². The third-order valence-electron chi connectivity index (χ3n) is 3.37. The summed E-state index contributed by atoms with van der Waals surface area (Å²) in [6.07, 6.45) is 1.38. The van der Waals surface area contributed by atoms with E-state index in [-0.39, 0.29) is 18.0 Å². The Bertz CT molecular complexity index is 550. The number of carbonyl (C=O) groups is 2. The molecule has 0 saturated carbocycles. The third kappa shape index (κ3) is 4.43. The van der Waals surface area contributed by atoms with Gasteiger partial charge in [0, 0.05) is 24.0 Å². The number of aromatic nitrogens is 1. The van der Waals surface area contributed by atoms with Gasteiger partial charge >= 0.3 is 6.09 Å². The first-order chi connectivity index (χ1) is 10.3. The topological polar surface area (TPSA) is 71.5 Å². The quantitative estimate of drug-likeness (QED) is 0.907. The minimum Gasteiger partial charge on any atom is -0.444 e. The monoisotopic (exact) mass is 325 g/mol. The lowest BCUT2D eigenvalue weighted by Gasteiger charge is -2.34. The van der Waals surface area contributed by atoms with E-state index in [9.17, 15) is 9.59 Å². The van der Waals surface area contributed by atoms with Gasteiger partial charge in [0.2, 0.25) is 0 Å². The third-order valence-corrected chi connectivity index (χ3v) is 4.13. The molecule has 1 saturated heterocycles. The van der Waals surface area contributed by atoms with Gasteiger partial charge in [-0.1, -0.05) is 0 Å². The fraction of sp³-hybridized carbons (Fsp3) is 0.667. The molecule has 122 valence electrons. The lowest BCUT2D eigenvalue weighted by Crippen LogP contribution is -2.50. The van der Waals surface area contributed by atoms with Crippen molar-refractivity contribution in [3.05, 3.63) is 16.1 Å². The maximum absolute atomic E-state index is 12.2. The van der Waals surface area contributed by atoms with E-state index in [1.807, 2.05) is 27.7 Å². The smallest absolute Gasteiger partial charge is 0.410 e. The van der Waals surface area contributed by atoms with Gasteiger partial charge in [0.15, 0.2) is 0 Å². The zero-order chi connectivity index (χ0) is 16.3. The Kier molecular flexibility index (Phi) is 5.05. The standard InChI is InChI=1S/C15H23N3O3S/c1-10-12(16-9-22-10)13(19)17-11-6-5-7-18(8-11)14(20)21-15(2,3)4/h9,11H,5-8H2,1-4H3,(H,17,19)/t11-/m0/s1. The average molecular weight is 325 g/mol. The zero-order valence-electron chi connectivity index (χ0n) is 13.5. The number of likely N-dealkylation sites (tertiary alicyclic amines) is 1. The summed E-state index contributed by atoms with van der Waals surface area (Å²) in [4.78, 5) is 31.0. The summed E-state index contributed by atoms with van der Waals surface area (Å²) >= 11 is 1.45. The number of nitrogens with zero attached hydrogens (tertiary/aromatic N) is 2. The molecule has 1 aromatic rings. The highest BCUT2D eigenvalue weighted by atomic mass is 32.1. The molecule has 0 aromatic carbocycles. The highest BCUT2D eigenvalue weighted by molar-refractivity contribution is 7.09. The predicted molar refractivity (Wildman–Crippen MR) is 85.1 cm³/mol. The van der Waals surface area contributed by atoms with Crippen LogP contribution < -0.4 is 5.32 Å². The van der Waals surface area contributed by atoms with Crippen molar-refractivity contribution < 1.29 is 14.3 Å². The van der Waals surface area contributed by atoms with Gasteiger partial charge in [0.25, 0.3) is 5.91 Å². The summed E-state index contributed by atoms with van der Waals surface area (Å²) in [5.41, 5.74) is 1.63. The molecule has 1 fully saturated rings. The van der Waals surface area contributed by atoms with E-state index in [0.29, 0.717) is 18.8 Å². The molecule has 1 atom stereocenters. The van der Waals surface area contributed by atoms with Crippen molar-refractivity contribution >= 4 is 23.3 Å². The first-order valence-corrected chi connectivity index (χ1v) is 8.33. The number of hydrogen-bond acceptors (Lipinski definition) is 5. The van der Waals surface area contributed by atoms with Gasteiger partial charge in [-0.3, -0.25) is 4.79 Å². The fourth-order valence-corrected chi connectivity index (χ4v) is 2.94. The van der Waals surface area contributed by atoms with Crippen molar-refractivity contribution in [1.29, 1.82) is 0 Å². The molecule has 0 radical (unpaired) electrons. The first kappa shape index (κ1) is 16.7. The second kappa shape index (κ2) is 6.64. The van der Waals surface area contributed by atoms with Gasteiger partial charge in [-0.15, -0.1) is 11.3 Å². The molecule has 0 aliphatic carbocycles. The minimum atomic E-state index is -0.509. The lowest BCUT2D eigenvalue weighted by molar-refractivity contribution is 0.0185. The molecule has 0 spiro atoms. The number of ether oxygens (including phenoxy) is 1. The Morgan fingerprint density at radius 2 is 2.18 bits per heavy atom. The maximum atomic E-state index is 12.2. The van der Waals surface area contributed by atoms with Gasteiger partial charge in [-0.05, 0) is 40.5 Å². The van der Waals surface area contributed by atoms with Crippen LogP contribution in [0.3, 0.4) is 0 Å². The molecule has 1 N–H and O–H groups in total. The zero-order valence-corrected chi connectivity index (χ0v) is 14.3. The number of amides is 2. The van der Waals surface area contributed by atoms with Crippen molar-refractivity contribution in [2.75, 3.05) is 13.1 Å². The summed E-state index contributed by atoms with van der Waals surface area (Å²) in [5, 5.41) is 2.97. The molecule has 22 heavy (non-hydrogen) atoms. The Morgan fingerprint density at radius 3 is 2.77 bits per heavy atom. The largest absolute Gasteiger partial charge is 0.444 e. The van der Waals surface area contributed by atoms with E-state index in [1.54, 1.807) is 10.4 Å². The second-order valence-corrected chi connectivity index (χ2v) is 7.56. The summed E-state index contributed by atoms with van der Waals surface area (Å²) in [5.74, 6) is -0.171. The fourth-order valence-electron chi connectivity index (χ4n) is 2.36. The number of piperidine rings is 1. The molecule has 2 heterocycles. The highest BCUT2D eigenvalue weighted by Gasteiger charge is 2.28. The summed E-state index contributed by atoms with van der Waals surface area (Å²) in [7, 11) is 0. The first-order valence-electron chi connectivity index (χ1n) is 7.45. The SMILES string of the molecule is Cc1scnc1C(=O)N[C@H]1CCCN(C(=O)OC(C)(C)C)C1. The van der Waals surface area contributed by atoms with E-state index in [1.165, 1.54) is 11.3 Å². The lowest BCUT2D eigenvalue weighted by atomic mass is 10.1. The molecule has 7 heteroatoms. The Labute approximate surface area is 134 Å². The maximum Gasteiger partial charge on any atom is 0.410 e. The Balaban J connectivity index is 1.92. The van der Waals surface area contributed by atoms with E-state index >= 15 is 0 Å². The molecular formula is C15H23N3O3S. The number of carbonyl (C=O) groups excluding carboxylic acids is 2. The number of thiazole rings is 1. The van der Waals surface area contributed by atoms with Gasteiger partial charge in [-0.2, -0.15) is 0 Å². The molecule has 1 aliphatic heterocycles. The molecule has 0 unspecified atom stereocenters. The van der Waals surface area contributed by atoms with Gasteiger partial charge in [0.05, 0.1) is 5.51 Å². The van der Waals surface area contributed by atoms with Crippen LogP contribution in [0.15, 0.2) is 5.51 Å². The normalized spacial score (nSPS) is 18.9. The number of rotatable bonds is 2. The molecule has 0 bridgehead atoms. The van der Waals surface area contributed by atoms with Crippen LogP contribution in [0.1, 0.15) is 49.0 Å². The molecule has 6 nitrogen and oxygen atoms in total. The average Bonchev–Trinajstić information content (AvgIpc) is 2.83. The number of aryl methyl sites for hydroxylation is 1. The van der Waals surface area contributed by atoms with E-state index in [4.69, 9.17) is 4.74 Å². The Hall–Kier alpha value is -1.63. The Morgan fingerprint density at radius 1 is 1.45 bits per heavy atom. The van der Waals surface area contributed by atoms with Crippen LogP contribution in [0.4, 0.5) is 4.79 Å². The van der Waals surface area contributed by atoms with Crippen molar-refractivity contribution in [3.63, 3.8) is 0 Å². The van der Waals surface area contributed by atoms with Crippen LogP contribution in [0.5, 0.6) is 0 Å². The van der Waals surface area contributed by atoms with Crippen molar-refractivity contribution in [3.8, 4) is 0 Å². The van der Waals surface area contributed by atoms with Crippen molar-refractivity contribution in [2.45, 2.75) is 52.2 Å². The van der Waals surface area contributed by atoms with Crippen LogP contribution in [0, 0.1) is 6.92 Å². The second-order valence-electron chi connectivity index (χ2n) is 6.50. The molecule has 1 aromatic heterocycles. The van der Waals surface area contributed by atoms with Crippen molar-refractivity contribution in [2.24, 2.45) is 0 Å².